The maximum absolute atomic E-state index is 11.8. The number of hydrogen-bond acceptors (Lipinski definition) is 1. The van der Waals surface area contributed by atoms with Crippen LogP contribution in [-0.2, 0) is 0 Å². The van der Waals surface area contributed by atoms with Crippen LogP contribution in [0.2, 0.25) is 0 Å². The number of halogens is 1. The highest BCUT2D eigenvalue weighted by Crippen LogP contribution is 2.13. The number of thioether (sulfide) groups is 1. The Bertz CT molecular complexity index is 123. The highest BCUT2D eigenvalue weighted by molar-refractivity contribution is 7.99. The fraction of sp³-hybridized carbons (Fsp3) is 1.00. The molecule has 0 aliphatic carbocycles. The minimum absolute atomic E-state index is 0.134. The first kappa shape index (κ1) is 18.3. The van der Waals surface area contributed by atoms with Crippen molar-refractivity contribution in [3.05, 3.63) is 0 Å². The normalized spacial score (nSPS) is 11.0. The average molecular weight is 277 g/mol. The first-order chi connectivity index (χ1) is 8.91. The van der Waals surface area contributed by atoms with Gasteiger partial charge in [-0.3, -0.25) is 4.39 Å². The van der Waals surface area contributed by atoms with Crippen LogP contribution in [-0.4, -0.2) is 18.2 Å². The van der Waals surface area contributed by atoms with Crippen molar-refractivity contribution in [1.29, 1.82) is 0 Å². The van der Waals surface area contributed by atoms with Gasteiger partial charge in [0.05, 0.1) is 6.67 Å². The van der Waals surface area contributed by atoms with Crippen molar-refractivity contribution in [3.8, 4) is 0 Å². The molecule has 0 heterocycles. The summed E-state index contributed by atoms with van der Waals surface area (Å²) in [4.78, 5) is 0. The Morgan fingerprint density at radius 2 is 1.06 bits per heavy atom. The Hall–Kier alpha value is 0.280. The van der Waals surface area contributed by atoms with Crippen molar-refractivity contribution in [1.82, 2.24) is 0 Å². The van der Waals surface area contributed by atoms with Gasteiger partial charge in [-0.05, 0) is 30.8 Å². The topological polar surface area (TPSA) is 0 Å². The van der Waals surface area contributed by atoms with E-state index in [-0.39, 0.29) is 6.67 Å². The second-order valence-electron chi connectivity index (χ2n) is 5.19. The quantitative estimate of drug-likeness (QED) is 0.312. The summed E-state index contributed by atoms with van der Waals surface area (Å²) >= 11 is 2.09. The Morgan fingerprint density at radius 1 is 0.611 bits per heavy atom. The van der Waals surface area contributed by atoms with E-state index >= 15 is 0 Å². The minimum Gasteiger partial charge on any atom is -0.251 e. The number of hydrogen-bond donors (Lipinski definition) is 0. The van der Waals surface area contributed by atoms with Crippen molar-refractivity contribution < 1.29 is 4.39 Å². The first-order valence-electron chi connectivity index (χ1n) is 8.05. The SMILES string of the molecule is CCCCCCCCCCSCCCCCCF. The molecule has 0 radical (unpaired) electrons. The van der Waals surface area contributed by atoms with Crippen LogP contribution < -0.4 is 0 Å². The van der Waals surface area contributed by atoms with Crippen LogP contribution in [0.4, 0.5) is 4.39 Å². The second-order valence-corrected chi connectivity index (χ2v) is 6.42. The molecule has 0 N–H and O–H groups in total. The maximum Gasteiger partial charge on any atom is 0.0894 e. The van der Waals surface area contributed by atoms with Gasteiger partial charge in [0.2, 0.25) is 0 Å². The standard InChI is InChI=1S/C16H33FS/c1-2-3-4-5-6-7-9-12-15-18-16-13-10-8-11-14-17/h2-16H2,1H3. The van der Waals surface area contributed by atoms with Crippen LogP contribution in [0.1, 0.15) is 84.0 Å². The molecule has 0 aromatic carbocycles. The summed E-state index contributed by atoms with van der Waals surface area (Å²) in [6, 6.07) is 0. The molecule has 0 fully saturated rings. The molecule has 0 aliphatic heterocycles. The van der Waals surface area contributed by atoms with E-state index in [1.165, 1.54) is 75.7 Å². The molecule has 2 heteroatoms. The van der Waals surface area contributed by atoms with Crippen LogP contribution in [0.25, 0.3) is 0 Å². The lowest BCUT2D eigenvalue weighted by molar-refractivity contribution is 0.455. The zero-order chi connectivity index (χ0) is 13.3. The summed E-state index contributed by atoms with van der Waals surface area (Å²) in [5.74, 6) is 2.61. The van der Waals surface area contributed by atoms with E-state index in [0.29, 0.717) is 0 Å². The molecular formula is C16H33FS. The first-order valence-corrected chi connectivity index (χ1v) is 9.21. The monoisotopic (exact) mass is 276 g/mol. The third-order valence-electron chi connectivity index (χ3n) is 3.31. The lowest BCUT2D eigenvalue weighted by Crippen LogP contribution is -1.87. The maximum atomic E-state index is 11.8. The summed E-state index contributed by atoms with van der Waals surface area (Å²) in [5.41, 5.74) is 0. The van der Waals surface area contributed by atoms with Crippen LogP contribution in [0.15, 0.2) is 0 Å². The molecule has 0 rings (SSSR count). The van der Waals surface area contributed by atoms with Gasteiger partial charge in [-0.2, -0.15) is 11.8 Å². The van der Waals surface area contributed by atoms with E-state index in [9.17, 15) is 4.39 Å². The van der Waals surface area contributed by atoms with E-state index < -0.39 is 0 Å². The molecule has 0 spiro atoms. The molecule has 0 bridgehead atoms. The van der Waals surface area contributed by atoms with Gasteiger partial charge in [-0.25, -0.2) is 0 Å². The van der Waals surface area contributed by atoms with Gasteiger partial charge in [-0.15, -0.1) is 0 Å². The summed E-state index contributed by atoms with van der Waals surface area (Å²) in [6.07, 6.45) is 15.7. The van der Waals surface area contributed by atoms with E-state index in [1.54, 1.807) is 0 Å². The van der Waals surface area contributed by atoms with Crippen molar-refractivity contribution in [3.63, 3.8) is 0 Å². The molecule has 0 saturated carbocycles. The van der Waals surface area contributed by atoms with Crippen molar-refractivity contribution in [2.24, 2.45) is 0 Å². The number of rotatable bonds is 15. The zero-order valence-corrected chi connectivity index (χ0v) is 13.2. The number of alkyl halides is 1. The summed E-state index contributed by atoms with van der Waals surface area (Å²) < 4.78 is 11.8. The van der Waals surface area contributed by atoms with Crippen LogP contribution in [0.5, 0.6) is 0 Å². The fourth-order valence-corrected chi connectivity index (χ4v) is 3.11. The van der Waals surface area contributed by atoms with Crippen molar-refractivity contribution in [2.75, 3.05) is 18.2 Å². The Kier molecular flexibility index (Phi) is 17.5. The van der Waals surface area contributed by atoms with Gasteiger partial charge in [0, 0.05) is 0 Å². The summed E-state index contributed by atoms with van der Waals surface area (Å²) in [5, 5.41) is 0. The molecule has 0 nitrogen and oxygen atoms in total. The molecule has 0 aromatic rings. The van der Waals surface area contributed by atoms with Crippen molar-refractivity contribution >= 4 is 11.8 Å². The van der Waals surface area contributed by atoms with E-state index in [2.05, 4.69) is 18.7 Å². The van der Waals surface area contributed by atoms with Crippen molar-refractivity contribution in [2.45, 2.75) is 84.0 Å². The molecule has 0 amide bonds. The van der Waals surface area contributed by atoms with E-state index in [1.807, 2.05) is 0 Å². The third-order valence-corrected chi connectivity index (χ3v) is 4.47. The van der Waals surface area contributed by atoms with E-state index in [0.717, 1.165) is 12.8 Å². The Labute approximate surface area is 119 Å². The van der Waals surface area contributed by atoms with E-state index in [4.69, 9.17) is 0 Å². The predicted molar refractivity (Wildman–Crippen MR) is 84.4 cm³/mol. The molecule has 0 aromatic heterocycles. The summed E-state index contributed by atoms with van der Waals surface area (Å²) in [6.45, 7) is 2.14. The largest absolute Gasteiger partial charge is 0.251 e. The molecule has 0 aliphatic rings. The number of unbranched alkanes of at least 4 members (excludes halogenated alkanes) is 10. The van der Waals surface area contributed by atoms with Gasteiger partial charge >= 0.3 is 0 Å². The lowest BCUT2D eigenvalue weighted by atomic mass is 10.1. The second kappa shape index (κ2) is 17.3. The van der Waals surface area contributed by atoms with Crippen LogP contribution >= 0.6 is 11.8 Å². The molecule has 18 heavy (non-hydrogen) atoms. The zero-order valence-electron chi connectivity index (χ0n) is 12.4. The molecule has 0 atom stereocenters. The molecule has 0 unspecified atom stereocenters. The predicted octanol–water partition coefficient (Wildman–Crippen LogP) is 6.39. The highest BCUT2D eigenvalue weighted by atomic mass is 32.2. The van der Waals surface area contributed by atoms with Gasteiger partial charge in [0.15, 0.2) is 0 Å². The lowest BCUT2D eigenvalue weighted by Gasteiger charge is -2.02. The van der Waals surface area contributed by atoms with Crippen LogP contribution in [0.3, 0.4) is 0 Å². The van der Waals surface area contributed by atoms with Gasteiger partial charge in [0.25, 0.3) is 0 Å². The van der Waals surface area contributed by atoms with Gasteiger partial charge in [0.1, 0.15) is 0 Å². The van der Waals surface area contributed by atoms with Crippen LogP contribution in [0, 0.1) is 0 Å². The Morgan fingerprint density at radius 3 is 1.56 bits per heavy atom. The average Bonchev–Trinajstić information content (AvgIpc) is 2.39. The molecular weight excluding hydrogens is 243 g/mol. The van der Waals surface area contributed by atoms with Gasteiger partial charge in [-0.1, -0.05) is 64.7 Å². The molecule has 110 valence electrons. The third kappa shape index (κ3) is 16.3. The smallest absolute Gasteiger partial charge is 0.0894 e. The highest BCUT2D eigenvalue weighted by Gasteiger charge is 1.93. The van der Waals surface area contributed by atoms with Gasteiger partial charge < -0.3 is 0 Å². The fourth-order valence-electron chi connectivity index (χ4n) is 2.09. The minimum atomic E-state index is -0.134. The molecule has 0 saturated heterocycles. The Balaban J connectivity index is 2.86. The summed E-state index contributed by atoms with van der Waals surface area (Å²) in [7, 11) is 0.